The maximum atomic E-state index is 12.6. The van der Waals surface area contributed by atoms with Crippen LogP contribution < -0.4 is 0 Å². The first-order valence-corrected chi connectivity index (χ1v) is 10.2. The molecule has 1 fully saturated rings. The second-order valence-corrected chi connectivity index (χ2v) is 7.50. The lowest BCUT2D eigenvalue weighted by atomic mass is 10.2. The first-order valence-electron chi connectivity index (χ1n) is 9.19. The topological polar surface area (TPSA) is 64.2 Å². The summed E-state index contributed by atoms with van der Waals surface area (Å²) in [5.74, 6) is 1.88. The van der Waals surface area contributed by atoms with E-state index in [0.29, 0.717) is 29.9 Å². The van der Waals surface area contributed by atoms with Gasteiger partial charge in [-0.25, -0.2) is 0 Å². The smallest absolute Gasteiger partial charge is 0.233 e. The van der Waals surface area contributed by atoms with Crippen molar-refractivity contribution in [3.8, 4) is 11.6 Å². The van der Waals surface area contributed by atoms with E-state index in [1.54, 1.807) is 6.26 Å². The lowest BCUT2D eigenvalue weighted by Gasteiger charge is -2.20. The van der Waals surface area contributed by atoms with Gasteiger partial charge in [-0.2, -0.15) is 0 Å². The molecule has 2 aromatic heterocycles. The van der Waals surface area contributed by atoms with E-state index in [-0.39, 0.29) is 5.91 Å². The van der Waals surface area contributed by atoms with E-state index in [9.17, 15) is 4.79 Å². The van der Waals surface area contributed by atoms with Gasteiger partial charge in [-0.3, -0.25) is 9.36 Å². The Morgan fingerprint density at radius 1 is 1.22 bits per heavy atom. The molecular formula is C20H22N4O2S. The Labute approximate surface area is 162 Å². The van der Waals surface area contributed by atoms with E-state index in [1.165, 1.54) is 11.8 Å². The van der Waals surface area contributed by atoms with Gasteiger partial charge in [-0.15, -0.1) is 10.2 Å². The van der Waals surface area contributed by atoms with Gasteiger partial charge in [0, 0.05) is 12.6 Å². The molecule has 0 aliphatic heterocycles. The Morgan fingerprint density at radius 3 is 2.70 bits per heavy atom. The molecule has 27 heavy (non-hydrogen) atoms. The van der Waals surface area contributed by atoms with E-state index >= 15 is 0 Å². The molecule has 6 nitrogen and oxygen atoms in total. The first kappa shape index (κ1) is 17.9. The van der Waals surface area contributed by atoms with E-state index in [0.717, 1.165) is 30.1 Å². The second kappa shape index (κ2) is 8.00. The molecule has 0 saturated heterocycles. The summed E-state index contributed by atoms with van der Waals surface area (Å²) in [4.78, 5) is 14.5. The molecular weight excluding hydrogens is 360 g/mol. The Bertz CT molecular complexity index is 888. The summed E-state index contributed by atoms with van der Waals surface area (Å²) >= 11 is 1.44. The van der Waals surface area contributed by atoms with Crippen molar-refractivity contribution in [2.45, 2.75) is 37.5 Å². The lowest BCUT2D eigenvalue weighted by molar-refractivity contribution is -0.128. The third-order valence-corrected chi connectivity index (χ3v) is 5.57. The molecule has 0 spiro atoms. The number of rotatable bonds is 8. The highest BCUT2D eigenvalue weighted by Crippen LogP contribution is 2.29. The summed E-state index contributed by atoms with van der Waals surface area (Å²) in [6.45, 7) is 3.42. The largest absolute Gasteiger partial charge is 0.461 e. The monoisotopic (exact) mass is 382 g/mol. The summed E-state index contributed by atoms with van der Waals surface area (Å²) in [6.07, 6.45) is 3.87. The van der Waals surface area contributed by atoms with Crippen LogP contribution in [0.3, 0.4) is 0 Å². The number of carbonyl (C=O) groups excluding carboxylic acids is 1. The molecule has 2 heterocycles. The van der Waals surface area contributed by atoms with Crippen molar-refractivity contribution < 1.29 is 9.21 Å². The minimum atomic E-state index is 0.166. The predicted molar refractivity (Wildman–Crippen MR) is 104 cm³/mol. The van der Waals surface area contributed by atoms with E-state index < -0.39 is 0 Å². The fourth-order valence-corrected chi connectivity index (χ4v) is 3.95. The zero-order valence-corrected chi connectivity index (χ0v) is 16.1. The van der Waals surface area contributed by atoms with Gasteiger partial charge in [0.2, 0.25) is 11.7 Å². The summed E-state index contributed by atoms with van der Waals surface area (Å²) in [6, 6.07) is 14.3. The lowest BCUT2D eigenvalue weighted by Crippen LogP contribution is -2.34. The Hall–Kier alpha value is -2.54. The number of hydrogen-bond donors (Lipinski definition) is 0. The molecule has 4 rings (SSSR count). The van der Waals surface area contributed by atoms with Crippen LogP contribution in [0.5, 0.6) is 0 Å². The number of carbonyl (C=O) groups is 1. The van der Waals surface area contributed by atoms with Crippen LogP contribution in [-0.4, -0.2) is 43.9 Å². The molecule has 1 aliphatic rings. The number of benzene rings is 1. The summed E-state index contributed by atoms with van der Waals surface area (Å²) in [5.41, 5.74) is 1.14. The molecule has 3 aromatic rings. The van der Waals surface area contributed by atoms with Crippen molar-refractivity contribution in [2.24, 2.45) is 0 Å². The van der Waals surface area contributed by atoms with Crippen LogP contribution in [0.25, 0.3) is 11.6 Å². The summed E-state index contributed by atoms with van der Waals surface area (Å²) < 4.78 is 7.54. The van der Waals surface area contributed by atoms with Gasteiger partial charge in [0.05, 0.1) is 18.6 Å². The van der Waals surface area contributed by atoms with Gasteiger partial charge in [-0.05, 0) is 37.5 Å². The third-order valence-electron chi connectivity index (χ3n) is 4.62. The SMILES string of the molecule is CCN(C(=O)CSc1nnc(-c2ccco2)n1Cc1ccccc1)C1CC1. The Kier molecular flexibility index (Phi) is 5.29. The van der Waals surface area contributed by atoms with Crippen molar-refractivity contribution in [3.05, 3.63) is 54.3 Å². The average Bonchev–Trinajstić information content (AvgIpc) is 3.22. The highest BCUT2D eigenvalue weighted by atomic mass is 32.2. The molecule has 0 bridgehead atoms. The normalized spacial score (nSPS) is 13.7. The van der Waals surface area contributed by atoms with Crippen molar-refractivity contribution in [1.29, 1.82) is 0 Å². The average molecular weight is 382 g/mol. The first-order chi connectivity index (χ1) is 13.3. The Balaban J connectivity index is 1.55. The van der Waals surface area contributed by atoms with Crippen LogP contribution in [0.4, 0.5) is 0 Å². The zero-order valence-electron chi connectivity index (χ0n) is 15.2. The Morgan fingerprint density at radius 2 is 2.04 bits per heavy atom. The van der Waals surface area contributed by atoms with Crippen LogP contribution in [0.15, 0.2) is 58.3 Å². The number of furan rings is 1. The maximum absolute atomic E-state index is 12.6. The van der Waals surface area contributed by atoms with Crippen LogP contribution in [0.1, 0.15) is 25.3 Å². The van der Waals surface area contributed by atoms with Crippen LogP contribution in [0.2, 0.25) is 0 Å². The fraction of sp³-hybridized carbons (Fsp3) is 0.350. The highest BCUT2D eigenvalue weighted by Gasteiger charge is 2.31. The van der Waals surface area contributed by atoms with Gasteiger partial charge in [-0.1, -0.05) is 42.1 Å². The molecule has 1 aliphatic carbocycles. The van der Waals surface area contributed by atoms with Crippen LogP contribution >= 0.6 is 11.8 Å². The summed E-state index contributed by atoms with van der Waals surface area (Å²) in [7, 11) is 0. The van der Waals surface area contributed by atoms with Crippen molar-refractivity contribution in [3.63, 3.8) is 0 Å². The molecule has 140 valence electrons. The van der Waals surface area contributed by atoms with Crippen molar-refractivity contribution in [2.75, 3.05) is 12.3 Å². The molecule has 0 N–H and O–H groups in total. The number of thioether (sulfide) groups is 1. The zero-order chi connectivity index (χ0) is 18.6. The van der Waals surface area contributed by atoms with Crippen molar-refractivity contribution in [1.82, 2.24) is 19.7 Å². The van der Waals surface area contributed by atoms with Crippen molar-refractivity contribution >= 4 is 17.7 Å². The maximum Gasteiger partial charge on any atom is 0.233 e. The molecule has 0 atom stereocenters. The van der Waals surface area contributed by atoms with Crippen LogP contribution in [-0.2, 0) is 11.3 Å². The minimum Gasteiger partial charge on any atom is -0.461 e. The van der Waals surface area contributed by atoms with Gasteiger partial charge < -0.3 is 9.32 Å². The molecule has 0 unspecified atom stereocenters. The molecule has 7 heteroatoms. The molecule has 1 amide bonds. The van der Waals surface area contributed by atoms with Gasteiger partial charge in [0.15, 0.2) is 10.9 Å². The quantitative estimate of drug-likeness (QED) is 0.556. The third kappa shape index (κ3) is 4.08. The van der Waals surface area contributed by atoms with E-state index in [4.69, 9.17) is 4.42 Å². The molecule has 1 saturated carbocycles. The highest BCUT2D eigenvalue weighted by molar-refractivity contribution is 7.99. The van der Waals surface area contributed by atoms with E-state index in [1.807, 2.05) is 46.7 Å². The van der Waals surface area contributed by atoms with Gasteiger partial charge >= 0.3 is 0 Å². The number of amides is 1. The minimum absolute atomic E-state index is 0.166. The van der Waals surface area contributed by atoms with Crippen LogP contribution in [0, 0.1) is 0 Å². The number of aromatic nitrogens is 3. The van der Waals surface area contributed by atoms with Gasteiger partial charge in [0.1, 0.15) is 0 Å². The fourth-order valence-electron chi connectivity index (χ4n) is 3.13. The molecule has 1 aromatic carbocycles. The second-order valence-electron chi connectivity index (χ2n) is 6.55. The number of nitrogens with zero attached hydrogens (tertiary/aromatic N) is 4. The standard InChI is InChI=1S/C20H22N4O2S/c1-2-23(16-10-11-16)18(25)14-27-20-22-21-19(17-9-6-12-26-17)24(20)13-15-7-4-3-5-8-15/h3-9,12,16H,2,10-11,13-14H2,1H3. The number of hydrogen-bond acceptors (Lipinski definition) is 5. The summed E-state index contributed by atoms with van der Waals surface area (Å²) in [5, 5.41) is 9.38. The predicted octanol–water partition coefficient (Wildman–Crippen LogP) is 3.69. The molecule has 0 radical (unpaired) electrons. The van der Waals surface area contributed by atoms with E-state index in [2.05, 4.69) is 22.3 Å². The van der Waals surface area contributed by atoms with Gasteiger partial charge in [0.25, 0.3) is 0 Å².